The van der Waals surface area contributed by atoms with E-state index in [2.05, 4.69) is 5.32 Å². The van der Waals surface area contributed by atoms with Crippen molar-refractivity contribution in [3.05, 3.63) is 0 Å². The Morgan fingerprint density at radius 3 is 1.80 bits per heavy atom. The van der Waals surface area contributed by atoms with Crippen LogP contribution in [0.5, 0.6) is 0 Å². The van der Waals surface area contributed by atoms with Crippen LogP contribution in [-0.2, 0) is 9.59 Å². The summed E-state index contributed by atoms with van der Waals surface area (Å²) in [6, 6.07) is -0.498. The summed E-state index contributed by atoms with van der Waals surface area (Å²) in [6.07, 6.45) is 0. The molecule has 0 bridgehead atoms. The number of ketones is 1. The number of rotatable bonds is 6. The van der Waals surface area contributed by atoms with Crippen LogP contribution in [0, 0.1) is 11.8 Å². The fraction of sp³-hybridized carbons (Fsp3) is 0.818. The van der Waals surface area contributed by atoms with Gasteiger partial charge in [-0.15, -0.1) is 0 Å². The van der Waals surface area contributed by atoms with Gasteiger partial charge in [0.25, 0.3) is 0 Å². The van der Waals surface area contributed by atoms with Crippen LogP contribution in [0.15, 0.2) is 0 Å². The van der Waals surface area contributed by atoms with Gasteiger partial charge in [-0.25, -0.2) is 0 Å². The van der Waals surface area contributed by atoms with E-state index in [0.29, 0.717) is 0 Å². The summed E-state index contributed by atoms with van der Waals surface area (Å²) in [6.45, 7) is 8.92. The molecule has 0 radical (unpaired) electrons. The highest BCUT2D eigenvalue weighted by molar-refractivity contribution is 5.90. The summed E-state index contributed by atoms with van der Waals surface area (Å²) in [5, 5.41) is 11.9. The fourth-order valence-corrected chi connectivity index (χ4v) is 1.33. The molecule has 0 aromatic carbocycles. The normalized spacial score (nSPS) is 15.4. The number of aliphatic carboxylic acids is 1. The quantitative estimate of drug-likeness (QED) is 0.701. The van der Waals surface area contributed by atoms with Crippen LogP contribution < -0.4 is 5.32 Å². The van der Waals surface area contributed by atoms with Gasteiger partial charge in [0.1, 0.15) is 0 Å². The van der Waals surface area contributed by atoms with Crippen LogP contribution in [0.4, 0.5) is 0 Å². The first kappa shape index (κ1) is 14.1. The molecule has 0 aliphatic heterocycles. The van der Waals surface area contributed by atoms with Crippen molar-refractivity contribution < 1.29 is 14.7 Å². The summed E-state index contributed by atoms with van der Waals surface area (Å²) in [5.74, 6) is -1.83. The van der Waals surface area contributed by atoms with Crippen LogP contribution in [0.3, 0.4) is 0 Å². The summed E-state index contributed by atoms with van der Waals surface area (Å²) in [4.78, 5) is 22.7. The summed E-state index contributed by atoms with van der Waals surface area (Å²) in [5.41, 5.74) is 0. The molecule has 0 spiro atoms. The minimum Gasteiger partial charge on any atom is -0.481 e. The number of carboxylic acid groups (broad SMARTS) is 1. The predicted octanol–water partition coefficient (Wildman–Crippen LogP) is 1.30. The second-order valence-corrected chi connectivity index (χ2v) is 4.48. The van der Waals surface area contributed by atoms with Gasteiger partial charge in [0.05, 0.1) is 12.0 Å². The Balaban J connectivity index is 4.72. The molecule has 0 aromatic heterocycles. The second kappa shape index (κ2) is 5.85. The van der Waals surface area contributed by atoms with Gasteiger partial charge < -0.3 is 10.4 Å². The Morgan fingerprint density at radius 1 is 1.07 bits per heavy atom. The third-order valence-corrected chi connectivity index (χ3v) is 2.28. The summed E-state index contributed by atoms with van der Waals surface area (Å²) < 4.78 is 0. The highest BCUT2D eigenvalue weighted by Crippen LogP contribution is 2.11. The van der Waals surface area contributed by atoms with E-state index in [1.165, 1.54) is 0 Å². The number of hydrogen-bond donors (Lipinski definition) is 2. The topological polar surface area (TPSA) is 66.4 Å². The third kappa shape index (κ3) is 4.42. The molecule has 0 amide bonds. The SMILES string of the molecule is CC(C)NC(C(=O)C(C)C)C(C)C(=O)O. The van der Waals surface area contributed by atoms with E-state index in [9.17, 15) is 9.59 Å². The first-order chi connectivity index (χ1) is 6.77. The van der Waals surface area contributed by atoms with Crippen LogP contribution >= 0.6 is 0 Å². The van der Waals surface area contributed by atoms with Gasteiger partial charge in [-0.3, -0.25) is 9.59 Å². The maximum atomic E-state index is 11.8. The number of carbonyl (C=O) groups is 2. The number of carboxylic acids is 1. The Bertz CT molecular complexity index is 236. The van der Waals surface area contributed by atoms with Crippen molar-refractivity contribution in [3.8, 4) is 0 Å². The average molecular weight is 215 g/mol. The lowest BCUT2D eigenvalue weighted by atomic mass is 9.91. The molecular weight excluding hydrogens is 194 g/mol. The van der Waals surface area contributed by atoms with Crippen LogP contribution in [0.25, 0.3) is 0 Å². The smallest absolute Gasteiger partial charge is 0.308 e. The molecule has 0 heterocycles. The molecule has 0 aliphatic carbocycles. The molecule has 2 unspecified atom stereocenters. The van der Waals surface area contributed by atoms with Gasteiger partial charge in [-0.1, -0.05) is 27.7 Å². The van der Waals surface area contributed by atoms with Crippen molar-refractivity contribution in [3.63, 3.8) is 0 Å². The van der Waals surface area contributed by atoms with Gasteiger partial charge in [-0.05, 0) is 6.92 Å². The molecule has 4 heteroatoms. The largest absolute Gasteiger partial charge is 0.481 e. The lowest BCUT2D eigenvalue weighted by Crippen LogP contribution is -2.49. The highest BCUT2D eigenvalue weighted by Gasteiger charge is 2.31. The Hall–Kier alpha value is -0.900. The van der Waals surface area contributed by atoms with Crippen LogP contribution in [0.2, 0.25) is 0 Å². The van der Waals surface area contributed by atoms with Crippen LogP contribution in [-0.4, -0.2) is 28.9 Å². The maximum Gasteiger partial charge on any atom is 0.308 e. The monoisotopic (exact) mass is 215 g/mol. The van der Waals surface area contributed by atoms with Crippen LogP contribution in [0.1, 0.15) is 34.6 Å². The molecule has 4 nitrogen and oxygen atoms in total. The number of hydrogen-bond acceptors (Lipinski definition) is 3. The van der Waals surface area contributed by atoms with E-state index in [4.69, 9.17) is 5.11 Å². The van der Waals surface area contributed by atoms with Crippen molar-refractivity contribution in [2.24, 2.45) is 11.8 Å². The molecule has 0 aromatic rings. The second-order valence-electron chi connectivity index (χ2n) is 4.48. The van der Waals surface area contributed by atoms with Crippen molar-refractivity contribution in [1.82, 2.24) is 5.32 Å². The van der Waals surface area contributed by atoms with Gasteiger partial charge in [-0.2, -0.15) is 0 Å². The van der Waals surface area contributed by atoms with Gasteiger partial charge in [0, 0.05) is 12.0 Å². The third-order valence-electron chi connectivity index (χ3n) is 2.28. The van der Waals surface area contributed by atoms with Crippen molar-refractivity contribution in [2.75, 3.05) is 0 Å². The van der Waals surface area contributed by atoms with Crippen molar-refractivity contribution >= 4 is 11.8 Å². The molecular formula is C11H21NO3. The zero-order chi connectivity index (χ0) is 12.2. The molecule has 15 heavy (non-hydrogen) atoms. The lowest BCUT2D eigenvalue weighted by Gasteiger charge is -2.24. The Morgan fingerprint density at radius 2 is 1.53 bits per heavy atom. The average Bonchev–Trinajstić information content (AvgIpc) is 2.11. The maximum absolute atomic E-state index is 11.8. The predicted molar refractivity (Wildman–Crippen MR) is 58.7 cm³/mol. The lowest BCUT2D eigenvalue weighted by molar-refractivity contribution is -0.145. The Labute approximate surface area is 91.1 Å². The number of nitrogens with one attached hydrogen (secondary N) is 1. The summed E-state index contributed by atoms with van der Waals surface area (Å²) >= 11 is 0. The molecule has 0 fully saturated rings. The van der Waals surface area contributed by atoms with Crippen molar-refractivity contribution in [1.29, 1.82) is 0 Å². The van der Waals surface area contributed by atoms with Gasteiger partial charge >= 0.3 is 5.97 Å². The van der Waals surface area contributed by atoms with E-state index >= 15 is 0 Å². The highest BCUT2D eigenvalue weighted by atomic mass is 16.4. The van der Waals surface area contributed by atoms with E-state index in [0.717, 1.165) is 0 Å². The molecule has 0 aliphatic rings. The molecule has 0 saturated heterocycles. The zero-order valence-electron chi connectivity index (χ0n) is 10.1. The van der Waals surface area contributed by atoms with Gasteiger partial charge in [0.2, 0.25) is 0 Å². The zero-order valence-corrected chi connectivity index (χ0v) is 10.1. The van der Waals surface area contributed by atoms with E-state index in [-0.39, 0.29) is 17.7 Å². The Kier molecular flexibility index (Phi) is 5.50. The van der Waals surface area contributed by atoms with E-state index in [1.807, 2.05) is 13.8 Å². The fourth-order valence-electron chi connectivity index (χ4n) is 1.33. The standard InChI is InChI=1S/C11H21NO3/c1-6(2)10(13)9(12-7(3)4)8(5)11(14)15/h6-9,12H,1-5H3,(H,14,15). The molecule has 2 N–H and O–H groups in total. The minimum atomic E-state index is -0.942. The van der Waals surface area contributed by atoms with Crippen molar-refractivity contribution in [2.45, 2.75) is 46.7 Å². The van der Waals surface area contributed by atoms with Gasteiger partial charge in [0.15, 0.2) is 5.78 Å². The first-order valence-electron chi connectivity index (χ1n) is 5.30. The number of Topliss-reactive ketones (excluding diaryl/α,β-unsaturated/α-hetero) is 1. The molecule has 0 rings (SSSR count). The first-order valence-corrected chi connectivity index (χ1v) is 5.30. The molecule has 2 atom stereocenters. The summed E-state index contributed by atoms with van der Waals surface area (Å²) in [7, 11) is 0. The van der Waals surface area contributed by atoms with E-state index in [1.54, 1.807) is 20.8 Å². The van der Waals surface area contributed by atoms with E-state index < -0.39 is 17.9 Å². The molecule has 88 valence electrons. The minimum absolute atomic E-state index is 0.0430. The number of carbonyl (C=O) groups excluding carboxylic acids is 1. The molecule has 0 saturated carbocycles.